The van der Waals surface area contributed by atoms with Crippen LogP contribution in [0.2, 0.25) is 0 Å². The highest BCUT2D eigenvalue weighted by atomic mass is 16.5. The SMILES string of the molecule is COC(=O)CCCNC(C)C1(c2ccccc2)CCC1. The van der Waals surface area contributed by atoms with E-state index < -0.39 is 0 Å². The molecular weight excluding hydrogens is 250 g/mol. The van der Waals surface area contributed by atoms with Gasteiger partial charge in [0.1, 0.15) is 0 Å². The fraction of sp³-hybridized carbons (Fsp3) is 0.588. The van der Waals surface area contributed by atoms with Gasteiger partial charge in [-0.25, -0.2) is 0 Å². The van der Waals surface area contributed by atoms with E-state index in [0.29, 0.717) is 12.5 Å². The monoisotopic (exact) mass is 275 g/mol. The molecule has 0 spiro atoms. The molecule has 1 aliphatic carbocycles. The van der Waals surface area contributed by atoms with E-state index in [1.54, 1.807) is 0 Å². The lowest BCUT2D eigenvalue weighted by Crippen LogP contribution is -2.51. The van der Waals surface area contributed by atoms with Gasteiger partial charge in [0.25, 0.3) is 0 Å². The predicted molar refractivity (Wildman–Crippen MR) is 80.7 cm³/mol. The minimum atomic E-state index is -0.124. The van der Waals surface area contributed by atoms with Gasteiger partial charge in [-0.2, -0.15) is 0 Å². The first kappa shape index (κ1) is 15.0. The largest absolute Gasteiger partial charge is 0.469 e. The molecule has 3 heteroatoms. The normalized spacial score (nSPS) is 18.1. The highest BCUT2D eigenvalue weighted by molar-refractivity contribution is 5.69. The van der Waals surface area contributed by atoms with Crippen LogP contribution in [0, 0.1) is 0 Å². The molecule has 1 saturated carbocycles. The molecule has 0 bridgehead atoms. The molecule has 1 fully saturated rings. The van der Waals surface area contributed by atoms with Crippen LogP contribution < -0.4 is 5.32 Å². The van der Waals surface area contributed by atoms with E-state index in [9.17, 15) is 4.79 Å². The van der Waals surface area contributed by atoms with Crippen molar-refractivity contribution in [2.75, 3.05) is 13.7 Å². The minimum absolute atomic E-state index is 0.124. The molecule has 1 aliphatic rings. The van der Waals surface area contributed by atoms with Crippen LogP contribution in [0.1, 0.15) is 44.6 Å². The van der Waals surface area contributed by atoms with Crippen molar-refractivity contribution in [3.63, 3.8) is 0 Å². The maximum atomic E-state index is 11.1. The molecule has 110 valence electrons. The molecule has 1 aromatic rings. The number of carbonyl (C=O) groups is 1. The average molecular weight is 275 g/mol. The molecule has 1 aromatic carbocycles. The molecule has 0 aliphatic heterocycles. The lowest BCUT2D eigenvalue weighted by atomic mass is 9.60. The van der Waals surface area contributed by atoms with Gasteiger partial charge in [-0.1, -0.05) is 36.8 Å². The summed E-state index contributed by atoms with van der Waals surface area (Å²) < 4.78 is 4.66. The molecule has 3 nitrogen and oxygen atoms in total. The zero-order valence-electron chi connectivity index (χ0n) is 12.5. The van der Waals surface area contributed by atoms with Crippen LogP contribution in [0.15, 0.2) is 30.3 Å². The first-order valence-electron chi connectivity index (χ1n) is 7.55. The Balaban J connectivity index is 1.87. The van der Waals surface area contributed by atoms with Crippen LogP contribution in [0.3, 0.4) is 0 Å². The summed E-state index contributed by atoms with van der Waals surface area (Å²) >= 11 is 0. The summed E-state index contributed by atoms with van der Waals surface area (Å²) in [6.45, 7) is 3.13. The molecule has 1 atom stereocenters. The number of ether oxygens (including phenoxy) is 1. The van der Waals surface area contributed by atoms with Gasteiger partial charge in [0, 0.05) is 17.9 Å². The minimum Gasteiger partial charge on any atom is -0.469 e. The molecular formula is C17H25NO2. The van der Waals surface area contributed by atoms with Gasteiger partial charge in [0.15, 0.2) is 0 Å². The van der Waals surface area contributed by atoms with Gasteiger partial charge < -0.3 is 10.1 Å². The lowest BCUT2D eigenvalue weighted by molar-refractivity contribution is -0.140. The lowest BCUT2D eigenvalue weighted by Gasteiger charge is -2.47. The third-order valence-corrected chi connectivity index (χ3v) is 4.66. The number of methoxy groups -OCH3 is 1. The summed E-state index contributed by atoms with van der Waals surface area (Å²) in [5.74, 6) is -0.124. The number of nitrogens with one attached hydrogen (secondary N) is 1. The van der Waals surface area contributed by atoms with Crippen molar-refractivity contribution in [1.29, 1.82) is 0 Å². The summed E-state index contributed by atoms with van der Waals surface area (Å²) in [6.07, 6.45) is 5.14. The molecule has 20 heavy (non-hydrogen) atoms. The summed E-state index contributed by atoms with van der Waals surface area (Å²) in [4.78, 5) is 11.1. The number of benzene rings is 1. The zero-order valence-corrected chi connectivity index (χ0v) is 12.5. The molecule has 1 unspecified atom stereocenters. The van der Waals surface area contributed by atoms with E-state index in [0.717, 1.165) is 13.0 Å². The summed E-state index contributed by atoms with van der Waals surface area (Å²) in [5.41, 5.74) is 1.73. The van der Waals surface area contributed by atoms with E-state index in [4.69, 9.17) is 0 Å². The highest BCUT2D eigenvalue weighted by Gasteiger charge is 2.42. The average Bonchev–Trinajstić information content (AvgIpc) is 2.43. The second kappa shape index (κ2) is 6.89. The second-order valence-corrected chi connectivity index (χ2v) is 5.73. The number of carbonyl (C=O) groups excluding carboxylic acids is 1. The quantitative estimate of drug-likeness (QED) is 0.614. The van der Waals surface area contributed by atoms with Crippen molar-refractivity contribution < 1.29 is 9.53 Å². The number of esters is 1. The molecule has 0 amide bonds. The number of rotatable bonds is 7. The zero-order chi connectivity index (χ0) is 14.4. The standard InChI is InChI=1S/C17H25NO2/c1-14(18-13-6-10-16(19)20-2)17(11-7-12-17)15-8-4-3-5-9-15/h3-5,8-9,14,18H,6-7,10-13H2,1-2H3. The van der Waals surface area contributed by atoms with Crippen molar-refractivity contribution in [3.8, 4) is 0 Å². The van der Waals surface area contributed by atoms with E-state index in [-0.39, 0.29) is 11.4 Å². The van der Waals surface area contributed by atoms with Crippen molar-refractivity contribution in [3.05, 3.63) is 35.9 Å². The Morgan fingerprint density at radius 2 is 2.05 bits per heavy atom. The molecule has 0 saturated heterocycles. The molecule has 1 N–H and O–H groups in total. The Kier molecular flexibility index (Phi) is 5.18. The molecule has 2 rings (SSSR count). The van der Waals surface area contributed by atoms with E-state index in [1.807, 2.05) is 0 Å². The van der Waals surface area contributed by atoms with Crippen molar-refractivity contribution in [1.82, 2.24) is 5.32 Å². The van der Waals surface area contributed by atoms with Crippen LogP contribution in [-0.4, -0.2) is 25.7 Å². The molecule has 0 heterocycles. The van der Waals surface area contributed by atoms with Gasteiger partial charge in [0.2, 0.25) is 0 Å². The smallest absolute Gasteiger partial charge is 0.305 e. The van der Waals surface area contributed by atoms with Crippen LogP contribution in [0.25, 0.3) is 0 Å². The molecule has 0 aromatic heterocycles. The third-order valence-electron chi connectivity index (χ3n) is 4.66. The Bertz CT molecular complexity index is 426. The van der Waals surface area contributed by atoms with Crippen LogP contribution in [-0.2, 0) is 14.9 Å². The first-order valence-corrected chi connectivity index (χ1v) is 7.55. The second-order valence-electron chi connectivity index (χ2n) is 5.73. The Hall–Kier alpha value is -1.35. The highest BCUT2D eigenvalue weighted by Crippen LogP contribution is 2.46. The van der Waals surface area contributed by atoms with Crippen molar-refractivity contribution in [2.24, 2.45) is 0 Å². The maximum Gasteiger partial charge on any atom is 0.305 e. The number of hydrogen-bond donors (Lipinski definition) is 1. The van der Waals surface area contributed by atoms with Gasteiger partial charge in [-0.15, -0.1) is 0 Å². The van der Waals surface area contributed by atoms with Crippen LogP contribution in [0.5, 0.6) is 0 Å². The van der Waals surface area contributed by atoms with Crippen molar-refractivity contribution >= 4 is 5.97 Å². The van der Waals surface area contributed by atoms with E-state index in [1.165, 1.54) is 31.9 Å². The van der Waals surface area contributed by atoms with Gasteiger partial charge >= 0.3 is 5.97 Å². The summed E-state index contributed by atoms with van der Waals surface area (Å²) in [7, 11) is 1.44. The van der Waals surface area contributed by atoms with Crippen LogP contribution in [0.4, 0.5) is 0 Å². The number of hydrogen-bond acceptors (Lipinski definition) is 3. The van der Waals surface area contributed by atoms with E-state index in [2.05, 4.69) is 47.3 Å². The fourth-order valence-electron chi connectivity index (χ4n) is 3.15. The van der Waals surface area contributed by atoms with Gasteiger partial charge in [-0.3, -0.25) is 4.79 Å². The van der Waals surface area contributed by atoms with Crippen molar-refractivity contribution in [2.45, 2.75) is 50.5 Å². The Morgan fingerprint density at radius 3 is 2.60 bits per heavy atom. The van der Waals surface area contributed by atoms with Gasteiger partial charge in [-0.05, 0) is 38.3 Å². The topological polar surface area (TPSA) is 38.3 Å². The summed E-state index contributed by atoms with van der Waals surface area (Å²) in [5, 5.41) is 3.60. The fourth-order valence-corrected chi connectivity index (χ4v) is 3.15. The molecule has 0 radical (unpaired) electrons. The Labute approximate surface area is 121 Å². The Morgan fingerprint density at radius 1 is 1.35 bits per heavy atom. The van der Waals surface area contributed by atoms with Crippen LogP contribution >= 0.6 is 0 Å². The van der Waals surface area contributed by atoms with E-state index >= 15 is 0 Å². The first-order chi connectivity index (χ1) is 9.69. The van der Waals surface area contributed by atoms with Gasteiger partial charge in [0.05, 0.1) is 7.11 Å². The third kappa shape index (κ3) is 3.21. The maximum absolute atomic E-state index is 11.1. The predicted octanol–water partition coefficient (Wildman–Crippen LogP) is 3.04. The summed E-state index contributed by atoms with van der Waals surface area (Å²) in [6, 6.07) is 11.2.